The number of carbonyl (C=O) groups excluding carboxylic acids is 1. The summed E-state index contributed by atoms with van der Waals surface area (Å²) in [6.07, 6.45) is 6.35. The van der Waals surface area contributed by atoms with E-state index in [0.717, 1.165) is 0 Å². The average Bonchev–Trinajstić information content (AvgIpc) is 1.67. The van der Waals surface area contributed by atoms with Crippen LogP contribution in [0, 0.1) is 12.3 Å². The second-order valence-corrected chi connectivity index (χ2v) is 1.55. The van der Waals surface area contributed by atoms with Crippen molar-refractivity contribution in [3.8, 4) is 12.3 Å². The van der Waals surface area contributed by atoms with E-state index in [-0.39, 0.29) is 5.78 Å². The molecule has 0 heterocycles. The molecule has 0 aromatic carbocycles. The third kappa shape index (κ3) is 2.20. The Morgan fingerprint density at radius 2 is 2.12 bits per heavy atom. The van der Waals surface area contributed by atoms with E-state index in [1.807, 2.05) is 0 Å². The normalized spacial score (nSPS) is 10.4. The fourth-order valence-corrected chi connectivity index (χ4v) is 0.227. The van der Waals surface area contributed by atoms with Crippen LogP contribution < -0.4 is 0 Å². The third-order valence-corrected chi connectivity index (χ3v) is 0.855. The lowest BCUT2D eigenvalue weighted by molar-refractivity contribution is -0.113. The van der Waals surface area contributed by atoms with E-state index < -0.39 is 0 Å². The Bertz CT molecular complexity index is 158. The summed E-state index contributed by atoms with van der Waals surface area (Å²) in [7, 11) is 0. The summed E-state index contributed by atoms with van der Waals surface area (Å²) in [5, 5.41) is 0. The first-order valence-electron chi connectivity index (χ1n) is 2.32. The Labute approximate surface area is 49.4 Å². The lowest BCUT2D eigenvalue weighted by Gasteiger charge is -1.85. The number of terminal acetylenes is 1. The lowest BCUT2D eigenvalue weighted by Crippen LogP contribution is -1.89. The molecule has 0 aromatic rings. The van der Waals surface area contributed by atoms with Crippen molar-refractivity contribution < 1.29 is 4.79 Å². The molecule has 0 fully saturated rings. The van der Waals surface area contributed by atoms with Crippen LogP contribution in [0.15, 0.2) is 11.6 Å². The van der Waals surface area contributed by atoms with Gasteiger partial charge in [0.15, 0.2) is 5.78 Å². The molecule has 1 heteroatoms. The molecule has 0 aromatic heterocycles. The summed E-state index contributed by atoms with van der Waals surface area (Å²) in [5.74, 6) is 2.30. The number of Topliss-reactive ketones (excluding diaryl/α,β-unsaturated/α-hetero) is 1. The largest absolute Gasteiger partial charge is 0.295 e. The van der Waals surface area contributed by atoms with Gasteiger partial charge in [0, 0.05) is 5.57 Å². The van der Waals surface area contributed by atoms with Gasteiger partial charge in [0.05, 0.1) is 0 Å². The molecule has 0 rings (SSSR count). The monoisotopic (exact) mass is 108 g/mol. The highest BCUT2D eigenvalue weighted by Gasteiger charge is 1.90. The number of allylic oxidation sites excluding steroid dienone is 2. The van der Waals surface area contributed by atoms with Crippen LogP contribution >= 0.6 is 0 Å². The van der Waals surface area contributed by atoms with Gasteiger partial charge in [-0.05, 0) is 19.9 Å². The molecular weight excluding hydrogens is 100 g/mol. The quantitative estimate of drug-likeness (QED) is 0.364. The maximum atomic E-state index is 10.4. The summed E-state index contributed by atoms with van der Waals surface area (Å²) >= 11 is 0. The van der Waals surface area contributed by atoms with Crippen molar-refractivity contribution in [1.29, 1.82) is 0 Å². The Kier molecular flexibility index (Phi) is 2.64. The predicted molar refractivity (Wildman–Crippen MR) is 33.3 cm³/mol. The Balaban J connectivity index is 4.06. The van der Waals surface area contributed by atoms with Crippen LogP contribution in [-0.4, -0.2) is 5.78 Å². The van der Waals surface area contributed by atoms with Gasteiger partial charge in [-0.15, -0.1) is 6.42 Å². The number of hydrogen-bond acceptors (Lipinski definition) is 1. The Hall–Kier alpha value is -1.03. The summed E-state index contributed by atoms with van der Waals surface area (Å²) in [5.41, 5.74) is 0.632. The molecule has 8 heavy (non-hydrogen) atoms. The smallest absolute Gasteiger partial charge is 0.156 e. The predicted octanol–water partition coefficient (Wildman–Crippen LogP) is 1.15. The van der Waals surface area contributed by atoms with Gasteiger partial charge >= 0.3 is 0 Å². The van der Waals surface area contributed by atoms with Crippen LogP contribution in [0.5, 0.6) is 0 Å². The fraction of sp³-hybridized carbons (Fsp3) is 0.286. The van der Waals surface area contributed by atoms with E-state index >= 15 is 0 Å². The molecule has 0 amide bonds. The van der Waals surface area contributed by atoms with Crippen molar-refractivity contribution in [3.05, 3.63) is 11.6 Å². The van der Waals surface area contributed by atoms with Crippen molar-refractivity contribution >= 4 is 5.78 Å². The molecule has 0 bridgehead atoms. The van der Waals surface area contributed by atoms with E-state index in [9.17, 15) is 4.79 Å². The Morgan fingerprint density at radius 3 is 2.25 bits per heavy atom. The minimum absolute atomic E-state index is 0.0305. The van der Waals surface area contributed by atoms with Gasteiger partial charge in [-0.2, -0.15) is 0 Å². The van der Waals surface area contributed by atoms with E-state index in [0.29, 0.717) is 5.57 Å². The molecule has 0 aliphatic carbocycles. The number of rotatable bonds is 1. The summed E-state index contributed by atoms with van der Waals surface area (Å²) < 4.78 is 0. The van der Waals surface area contributed by atoms with Gasteiger partial charge < -0.3 is 0 Å². The minimum atomic E-state index is 0.0305. The maximum absolute atomic E-state index is 10.4. The fourth-order valence-electron chi connectivity index (χ4n) is 0.227. The molecule has 0 spiro atoms. The summed E-state index contributed by atoms with van der Waals surface area (Å²) in [4.78, 5) is 10.4. The van der Waals surface area contributed by atoms with Gasteiger partial charge in [-0.1, -0.05) is 5.92 Å². The average molecular weight is 108 g/mol. The molecule has 0 saturated carbocycles. The highest BCUT2D eigenvalue weighted by atomic mass is 16.1. The van der Waals surface area contributed by atoms with Crippen LogP contribution in [0.25, 0.3) is 0 Å². The number of carbonyl (C=O) groups is 1. The maximum Gasteiger partial charge on any atom is 0.156 e. The van der Waals surface area contributed by atoms with Crippen LogP contribution in [0.4, 0.5) is 0 Å². The van der Waals surface area contributed by atoms with Gasteiger partial charge in [-0.3, -0.25) is 4.79 Å². The standard InChI is InChI=1S/C7H8O/c1-4-5-6(2)7(3)8/h1,5H,2-3H3. The van der Waals surface area contributed by atoms with Crippen LogP contribution in [0.2, 0.25) is 0 Å². The lowest BCUT2D eigenvalue weighted by atomic mass is 10.2. The van der Waals surface area contributed by atoms with Crippen molar-refractivity contribution in [2.45, 2.75) is 13.8 Å². The zero-order valence-electron chi connectivity index (χ0n) is 5.06. The van der Waals surface area contributed by atoms with Crippen LogP contribution in [-0.2, 0) is 4.79 Å². The molecule has 0 aliphatic heterocycles. The molecule has 0 radical (unpaired) electrons. The first-order valence-corrected chi connectivity index (χ1v) is 2.32. The number of ketones is 1. The zero-order chi connectivity index (χ0) is 6.57. The SMILES string of the molecule is C#CC=C(C)C(C)=O. The van der Waals surface area contributed by atoms with E-state index in [2.05, 4.69) is 5.92 Å². The molecule has 0 aliphatic rings. The highest BCUT2D eigenvalue weighted by Crippen LogP contribution is 1.90. The van der Waals surface area contributed by atoms with Crippen molar-refractivity contribution in [2.75, 3.05) is 0 Å². The van der Waals surface area contributed by atoms with Crippen LogP contribution in [0.1, 0.15) is 13.8 Å². The summed E-state index contributed by atoms with van der Waals surface area (Å²) in [6.45, 7) is 3.19. The van der Waals surface area contributed by atoms with Crippen molar-refractivity contribution in [3.63, 3.8) is 0 Å². The first kappa shape index (κ1) is 6.97. The topological polar surface area (TPSA) is 17.1 Å². The van der Waals surface area contributed by atoms with Gasteiger partial charge in [0.1, 0.15) is 0 Å². The van der Waals surface area contributed by atoms with Gasteiger partial charge in [0.25, 0.3) is 0 Å². The third-order valence-electron chi connectivity index (χ3n) is 0.855. The summed E-state index contributed by atoms with van der Waals surface area (Å²) in [6, 6.07) is 0. The second-order valence-electron chi connectivity index (χ2n) is 1.55. The Morgan fingerprint density at radius 1 is 1.62 bits per heavy atom. The zero-order valence-corrected chi connectivity index (χ0v) is 5.06. The number of hydrogen-bond donors (Lipinski definition) is 0. The van der Waals surface area contributed by atoms with Gasteiger partial charge in [-0.25, -0.2) is 0 Å². The second kappa shape index (κ2) is 3.04. The molecule has 0 atom stereocenters. The minimum Gasteiger partial charge on any atom is -0.295 e. The highest BCUT2D eigenvalue weighted by molar-refractivity contribution is 5.93. The molecule has 1 nitrogen and oxygen atoms in total. The van der Waals surface area contributed by atoms with Crippen LogP contribution in [0.3, 0.4) is 0 Å². The van der Waals surface area contributed by atoms with E-state index in [4.69, 9.17) is 6.42 Å². The van der Waals surface area contributed by atoms with Gasteiger partial charge in [0.2, 0.25) is 0 Å². The van der Waals surface area contributed by atoms with Crippen molar-refractivity contribution in [1.82, 2.24) is 0 Å². The molecular formula is C7H8O. The molecule has 42 valence electrons. The molecule has 0 saturated heterocycles. The van der Waals surface area contributed by atoms with E-state index in [1.54, 1.807) is 6.92 Å². The van der Waals surface area contributed by atoms with Crippen molar-refractivity contribution in [2.24, 2.45) is 0 Å². The van der Waals surface area contributed by atoms with E-state index in [1.165, 1.54) is 13.0 Å². The molecule has 0 unspecified atom stereocenters. The molecule has 0 N–H and O–H groups in total. The first-order chi connectivity index (χ1) is 3.68.